The average molecular weight is 490 g/mol. The van der Waals surface area contributed by atoms with Crippen molar-refractivity contribution in [1.29, 1.82) is 0 Å². The fourth-order valence-electron chi connectivity index (χ4n) is 3.58. The van der Waals surface area contributed by atoms with Gasteiger partial charge in [0.05, 0.1) is 12.1 Å². The van der Waals surface area contributed by atoms with Crippen molar-refractivity contribution in [3.63, 3.8) is 0 Å². The summed E-state index contributed by atoms with van der Waals surface area (Å²) in [7, 11) is 5.39. The lowest BCUT2D eigenvalue weighted by atomic mass is 9.98. The molecule has 0 bridgehead atoms. The summed E-state index contributed by atoms with van der Waals surface area (Å²) in [4.78, 5) is 32.3. The Morgan fingerprint density at radius 3 is 2.58 bits per heavy atom. The van der Waals surface area contributed by atoms with E-state index in [4.69, 9.17) is 12.2 Å². The van der Waals surface area contributed by atoms with Crippen LogP contribution in [0.5, 0.6) is 0 Å². The van der Waals surface area contributed by atoms with Crippen LogP contribution in [0.25, 0.3) is 0 Å². The first kappa shape index (κ1) is 24.9. The molecule has 0 aliphatic carbocycles. The number of methoxy groups -OCH3 is 1. The van der Waals surface area contributed by atoms with Gasteiger partial charge in [-0.15, -0.1) is 11.3 Å². The van der Waals surface area contributed by atoms with Crippen molar-refractivity contribution in [3.05, 3.63) is 40.3 Å². The van der Waals surface area contributed by atoms with Gasteiger partial charge in [0.25, 0.3) is 5.91 Å². The fraction of sp³-hybridized carbons (Fsp3) is 0.478. The van der Waals surface area contributed by atoms with E-state index in [1.807, 2.05) is 26.2 Å². The summed E-state index contributed by atoms with van der Waals surface area (Å²) in [6.07, 6.45) is 2.71. The molecule has 3 rings (SSSR count). The summed E-state index contributed by atoms with van der Waals surface area (Å²) in [5, 5.41) is 9.67. The van der Waals surface area contributed by atoms with Gasteiger partial charge >= 0.3 is 5.97 Å². The molecule has 1 fully saturated rings. The van der Waals surface area contributed by atoms with Gasteiger partial charge in [0.2, 0.25) is 0 Å². The summed E-state index contributed by atoms with van der Waals surface area (Å²) < 4.78 is 4.60. The standard InChI is InChI=1S/C23H31N5O3S2/c1-27(2)18-8-6-17(7-9-18)25-23(32)28-13-10-16(11-14-28)22-26-19(15-33-22)21(30)24-12-4-5-20(29)31-3/h6-9,15-16H,4-5,10-14H2,1-3H3,(H,24,30)(H,25,32). The quantitative estimate of drug-likeness (QED) is 0.331. The van der Waals surface area contributed by atoms with E-state index >= 15 is 0 Å². The highest BCUT2D eigenvalue weighted by atomic mass is 32.1. The van der Waals surface area contributed by atoms with E-state index in [2.05, 4.69) is 42.3 Å². The molecule has 2 aromatic rings. The molecule has 1 aromatic heterocycles. The highest BCUT2D eigenvalue weighted by Gasteiger charge is 2.25. The number of ether oxygens (including phenoxy) is 1. The van der Waals surface area contributed by atoms with Gasteiger partial charge in [-0.05, 0) is 55.7 Å². The van der Waals surface area contributed by atoms with Crippen molar-refractivity contribution in [2.24, 2.45) is 0 Å². The predicted molar refractivity (Wildman–Crippen MR) is 136 cm³/mol. The largest absolute Gasteiger partial charge is 0.469 e. The van der Waals surface area contributed by atoms with Crippen molar-refractivity contribution >= 4 is 51.9 Å². The molecule has 0 saturated carbocycles. The van der Waals surface area contributed by atoms with Gasteiger partial charge in [0, 0.05) is 62.8 Å². The van der Waals surface area contributed by atoms with Crippen LogP contribution in [0, 0.1) is 0 Å². The molecular formula is C23H31N5O3S2. The predicted octanol–water partition coefficient (Wildman–Crippen LogP) is 3.47. The minimum absolute atomic E-state index is 0.203. The van der Waals surface area contributed by atoms with Gasteiger partial charge in [-0.25, -0.2) is 4.98 Å². The number of amides is 1. The number of nitrogens with one attached hydrogen (secondary N) is 2. The molecule has 1 saturated heterocycles. The number of likely N-dealkylation sites (tertiary alicyclic amines) is 1. The van der Waals surface area contributed by atoms with Gasteiger partial charge in [0.15, 0.2) is 5.11 Å². The molecule has 8 nitrogen and oxygen atoms in total. The molecule has 1 amide bonds. The Kier molecular flexibility index (Phi) is 9.02. The number of hydrogen-bond acceptors (Lipinski definition) is 7. The second-order valence-electron chi connectivity index (χ2n) is 8.14. The summed E-state index contributed by atoms with van der Waals surface area (Å²) in [5.74, 6) is -0.150. The van der Waals surface area contributed by atoms with Crippen LogP contribution in [0.15, 0.2) is 29.6 Å². The zero-order chi connectivity index (χ0) is 23.8. The van der Waals surface area contributed by atoms with Crippen molar-refractivity contribution < 1.29 is 14.3 Å². The first-order valence-corrected chi connectivity index (χ1v) is 12.3. The molecule has 1 aromatic carbocycles. The summed E-state index contributed by atoms with van der Waals surface area (Å²) in [5.41, 5.74) is 2.56. The molecule has 33 heavy (non-hydrogen) atoms. The van der Waals surface area contributed by atoms with Gasteiger partial charge in [-0.2, -0.15) is 0 Å². The maximum Gasteiger partial charge on any atom is 0.305 e. The van der Waals surface area contributed by atoms with Crippen molar-refractivity contribution in [2.45, 2.75) is 31.6 Å². The maximum atomic E-state index is 12.3. The number of nitrogens with zero attached hydrogens (tertiary/aromatic N) is 3. The first-order chi connectivity index (χ1) is 15.9. The zero-order valence-corrected chi connectivity index (χ0v) is 20.9. The number of rotatable bonds is 8. The van der Waals surface area contributed by atoms with E-state index in [0.717, 1.165) is 47.4 Å². The summed E-state index contributed by atoms with van der Waals surface area (Å²) >= 11 is 7.15. The van der Waals surface area contributed by atoms with E-state index in [1.165, 1.54) is 18.4 Å². The Morgan fingerprint density at radius 2 is 1.94 bits per heavy atom. The molecule has 2 N–H and O–H groups in total. The van der Waals surface area contributed by atoms with Crippen LogP contribution >= 0.6 is 23.6 Å². The minimum Gasteiger partial charge on any atom is -0.469 e. The van der Waals surface area contributed by atoms with E-state index < -0.39 is 0 Å². The highest BCUT2D eigenvalue weighted by Crippen LogP contribution is 2.30. The number of thiocarbonyl (C=S) groups is 1. The molecule has 1 aliphatic heterocycles. The molecule has 0 radical (unpaired) electrons. The van der Waals surface area contributed by atoms with Crippen molar-refractivity contribution in [1.82, 2.24) is 15.2 Å². The summed E-state index contributed by atoms with van der Waals surface area (Å²) in [6.45, 7) is 2.11. The number of piperidine rings is 1. The Labute approximate surface area is 204 Å². The van der Waals surface area contributed by atoms with Crippen LogP contribution in [0.3, 0.4) is 0 Å². The number of aromatic nitrogens is 1. The Morgan fingerprint density at radius 1 is 1.24 bits per heavy atom. The molecule has 10 heteroatoms. The van der Waals surface area contributed by atoms with Gasteiger partial charge in [-0.3, -0.25) is 9.59 Å². The number of esters is 1. The van der Waals surface area contributed by atoms with E-state index in [0.29, 0.717) is 24.6 Å². The second kappa shape index (κ2) is 11.9. The molecule has 2 heterocycles. The van der Waals surface area contributed by atoms with E-state index in [-0.39, 0.29) is 18.3 Å². The normalized spacial score (nSPS) is 14.0. The summed E-state index contributed by atoms with van der Waals surface area (Å²) in [6, 6.07) is 8.19. The third-order valence-electron chi connectivity index (χ3n) is 5.59. The third kappa shape index (κ3) is 7.13. The lowest BCUT2D eigenvalue weighted by Crippen LogP contribution is -2.40. The molecule has 1 aliphatic rings. The number of thiazole rings is 1. The number of benzene rings is 1. The number of hydrogen-bond donors (Lipinski definition) is 2. The Balaban J connectivity index is 1.44. The number of carbonyl (C=O) groups excluding carboxylic acids is 2. The lowest BCUT2D eigenvalue weighted by molar-refractivity contribution is -0.140. The zero-order valence-electron chi connectivity index (χ0n) is 19.3. The highest BCUT2D eigenvalue weighted by molar-refractivity contribution is 7.80. The van der Waals surface area contributed by atoms with Gasteiger partial charge in [0.1, 0.15) is 5.69 Å². The van der Waals surface area contributed by atoms with E-state index in [1.54, 1.807) is 5.38 Å². The maximum absolute atomic E-state index is 12.3. The molecule has 0 atom stereocenters. The lowest BCUT2D eigenvalue weighted by Gasteiger charge is -2.33. The third-order valence-corrected chi connectivity index (χ3v) is 6.96. The van der Waals surface area contributed by atoms with Crippen LogP contribution in [0.1, 0.15) is 47.1 Å². The molecule has 178 valence electrons. The first-order valence-electron chi connectivity index (χ1n) is 11.0. The number of carbonyl (C=O) groups is 2. The van der Waals surface area contributed by atoms with Crippen LogP contribution in [-0.4, -0.2) is 67.7 Å². The average Bonchev–Trinajstić information content (AvgIpc) is 3.32. The number of anilines is 2. The van der Waals surface area contributed by atoms with Crippen LogP contribution < -0.4 is 15.5 Å². The van der Waals surface area contributed by atoms with E-state index in [9.17, 15) is 9.59 Å². The minimum atomic E-state index is -0.275. The smallest absolute Gasteiger partial charge is 0.305 e. The van der Waals surface area contributed by atoms with Crippen LogP contribution in [0.4, 0.5) is 11.4 Å². The van der Waals surface area contributed by atoms with Gasteiger partial charge in [-0.1, -0.05) is 0 Å². The fourth-order valence-corrected chi connectivity index (χ4v) is 4.85. The molecule has 0 unspecified atom stereocenters. The monoisotopic (exact) mass is 489 g/mol. The molecular weight excluding hydrogens is 458 g/mol. The SMILES string of the molecule is COC(=O)CCCNC(=O)c1csc(C2CCN(C(=S)Nc3ccc(N(C)C)cc3)CC2)n1. The molecule has 0 spiro atoms. The Hall–Kier alpha value is -2.72. The van der Waals surface area contributed by atoms with Crippen molar-refractivity contribution in [2.75, 3.05) is 51.1 Å². The van der Waals surface area contributed by atoms with Crippen LogP contribution in [0.2, 0.25) is 0 Å². The second-order valence-corrected chi connectivity index (χ2v) is 9.42. The topological polar surface area (TPSA) is 86.8 Å². The van der Waals surface area contributed by atoms with Gasteiger partial charge < -0.3 is 25.2 Å². The Bertz CT molecular complexity index is 953. The van der Waals surface area contributed by atoms with Crippen LogP contribution in [-0.2, 0) is 9.53 Å². The van der Waals surface area contributed by atoms with Crippen molar-refractivity contribution in [3.8, 4) is 0 Å².